The van der Waals surface area contributed by atoms with E-state index in [1.165, 1.54) is 17.1 Å². The molecule has 0 N–H and O–H groups in total. The number of imide groups is 1. The molecular weight excluding hydrogens is 178 g/mol. The minimum Gasteiger partial charge on any atom is -0.219 e. The van der Waals surface area contributed by atoms with Crippen molar-refractivity contribution in [1.82, 2.24) is 4.90 Å². The number of carbonyl (C=O) groups excluding carboxylic acids is 2. The van der Waals surface area contributed by atoms with Crippen molar-refractivity contribution >= 4 is 17.5 Å². The molecule has 1 aromatic carbocycles. The van der Waals surface area contributed by atoms with E-state index in [2.05, 4.69) is 0 Å². The predicted octanol–water partition coefficient (Wildman–Crippen LogP) is 1.39. The summed E-state index contributed by atoms with van der Waals surface area (Å²) in [4.78, 5) is 23.9. The zero-order chi connectivity index (χ0) is 10.1. The van der Waals surface area contributed by atoms with E-state index in [4.69, 9.17) is 0 Å². The maximum Gasteiger partial charge on any atom is 0.400 e. The SMILES string of the molecule is Cc1ccccc1[N+]1C(=O)C=CC1=O. The topological polar surface area (TPSA) is 40.0 Å². The summed E-state index contributed by atoms with van der Waals surface area (Å²) in [5.41, 5.74) is 1.57. The van der Waals surface area contributed by atoms with E-state index in [0.29, 0.717) is 5.69 Å². The highest BCUT2D eigenvalue weighted by Crippen LogP contribution is 2.21. The lowest BCUT2D eigenvalue weighted by atomic mass is 10.2. The molecule has 69 valence electrons. The van der Waals surface area contributed by atoms with E-state index in [0.717, 1.165) is 5.56 Å². The highest BCUT2D eigenvalue weighted by atomic mass is 16.2. The number of anilines is 1. The van der Waals surface area contributed by atoms with Gasteiger partial charge in [0.2, 0.25) is 5.69 Å². The Balaban J connectivity index is 2.46. The van der Waals surface area contributed by atoms with Crippen LogP contribution in [0.5, 0.6) is 0 Å². The summed E-state index contributed by atoms with van der Waals surface area (Å²) in [5, 5.41) is 0. The molecule has 2 rings (SSSR count). The predicted molar refractivity (Wildman–Crippen MR) is 52.1 cm³/mol. The molecule has 0 aromatic heterocycles. The second-order valence-electron chi connectivity index (χ2n) is 3.13. The molecule has 1 aliphatic rings. The summed E-state index contributed by atoms with van der Waals surface area (Å²) in [5.74, 6) is -0.548. The molecule has 0 bridgehead atoms. The van der Waals surface area contributed by atoms with E-state index in [-0.39, 0.29) is 11.8 Å². The van der Waals surface area contributed by atoms with Crippen molar-refractivity contribution < 1.29 is 9.59 Å². The molecule has 3 heteroatoms. The fourth-order valence-corrected chi connectivity index (χ4v) is 1.45. The lowest BCUT2D eigenvalue weighted by molar-refractivity contribution is -0.127. The average Bonchev–Trinajstić information content (AvgIpc) is 2.48. The Hall–Kier alpha value is -1.74. The van der Waals surface area contributed by atoms with Gasteiger partial charge < -0.3 is 0 Å². The first kappa shape index (κ1) is 8.84. The lowest BCUT2D eigenvalue weighted by Crippen LogP contribution is -2.31. The second kappa shape index (κ2) is 3.20. The molecule has 0 spiro atoms. The number of para-hydroxylation sites is 1. The highest BCUT2D eigenvalue weighted by molar-refractivity contribution is 6.19. The van der Waals surface area contributed by atoms with Gasteiger partial charge in [-0.1, -0.05) is 18.2 Å². The Kier molecular flexibility index (Phi) is 2.02. The van der Waals surface area contributed by atoms with Crippen LogP contribution < -0.4 is 4.90 Å². The zero-order valence-electron chi connectivity index (χ0n) is 7.73. The fourth-order valence-electron chi connectivity index (χ4n) is 1.45. The monoisotopic (exact) mass is 187 g/mol. The van der Waals surface area contributed by atoms with Crippen LogP contribution in [0.3, 0.4) is 0 Å². The van der Waals surface area contributed by atoms with Crippen LogP contribution in [0.2, 0.25) is 0 Å². The standard InChI is InChI=1S/C11H9NO2/c1-8-4-2-3-5-9(8)12-10(13)6-7-11(12)14/h2-7H,1H3/q+1. The van der Waals surface area contributed by atoms with Crippen LogP contribution in [-0.2, 0) is 9.59 Å². The number of amides is 2. The number of carbonyl (C=O) groups is 2. The quantitative estimate of drug-likeness (QED) is 0.492. The van der Waals surface area contributed by atoms with Gasteiger partial charge in [-0.15, -0.1) is 0 Å². The molecule has 1 aromatic rings. The zero-order valence-corrected chi connectivity index (χ0v) is 7.73. The van der Waals surface area contributed by atoms with E-state index >= 15 is 0 Å². The molecule has 0 saturated heterocycles. The van der Waals surface area contributed by atoms with Gasteiger partial charge in [0.25, 0.3) is 0 Å². The van der Waals surface area contributed by atoms with Crippen LogP contribution in [0.15, 0.2) is 36.4 Å². The van der Waals surface area contributed by atoms with Crippen molar-refractivity contribution in [2.24, 2.45) is 0 Å². The van der Waals surface area contributed by atoms with Gasteiger partial charge in [-0.2, -0.15) is 0 Å². The molecule has 1 heterocycles. The maximum absolute atomic E-state index is 11.4. The first-order valence-electron chi connectivity index (χ1n) is 4.32. The number of rotatable bonds is 1. The Morgan fingerprint density at radius 2 is 1.57 bits per heavy atom. The van der Waals surface area contributed by atoms with Gasteiger partial charge in [-0.3, -0.25) is 0 Å². The van der Waals surface area contributed by atoms with Crippen molar-refractivity contribution in [2.45, 2.75) is 6.92 Å². The van der Waals surface area contributed by atoms with Gasteiger partial charge in [-0.25, -0.2) is 9.59 Å². The number of nitrogens with zero attached hydrogens (tertiary/aromatic N) is 1. The summed E-state index contributed by atoms with van der Waals surface area (Å²) in [6, 6.07) is 7.31. The van der Waals surface area contributed by atoms with Crippen molar-refractivity contribution in [3.8, 4) is 0 Å². The molecule has 0 aliphatic carbocycles. The molecular formula is C11H9NO2+. The van der Waals surface area contributed by atoms with Gasteiger partial charge in [0.05, 0.1) is 12.2 Å². The molecule has 1 radical (unpaired) electrons. The Bertz CT molecular complexity index is 417. The Morgan fingerprint density at radius 1 is 1.00 bits per heavy atom. The van der Waals surface area contributed by atoms with Crippen molar-refractivity contribution in [3.63, 3.8) is 0 Å². The summed E-state index contributed by atoms with van der Waals surface area (Å²) in [6.45, 7) is 1.87. The summed E-state index contributed by atoms with van der Waals surface area (Å²) in [7, 11) is 0. The molecule has 14 heavy (non-hydrogen) atoms. The van der Waals surface area contributed by atoms with Crippen LogP contribution in [0.1, 0.15) is 5.56 Å². The van der Waals surface area contributed by atoms with Gasteiger partial charge >= 0.3 is 11.8 Å². The third-order valence-corrected chi connectivity index (χ3v) is 2.17. The van der Waals surface area contributed by atoms with E-state index < -0.39 is 0 Å². The lowest BCUT2D eigenvalue weighted by Gasteiger charge is -2.01. The van der Waals surface area contributed by atoms with Crippen LogP contribution in [0.25, 0.3) is 0 Å². The Labute approximate surface area is 81.6 Å². The summed E-state index contributed by atoms with van der Waals surface area (Å²) >= 11 is 0. The normalized spacial score (nSPS) is 16.6. The third-order valence-electron chi connectivity index (χ3n) is 2.17. The first-order valence-corrected chi connectivity index (χ1v) is 4.32. The average molecular weight is 187 g/mol. The minimum absolute atomic E-state index is 0.274. The molecule has 3 nitrogen and oxygen atoms in total. The van der Waals surface area contributed by atoms with Crippen LogP contribution >= 0.6 is 0 Å². The van der Waals surface area contributed by atoms with Gasteiger partial charge in [0, 0.05) is 16.5 Å². The molecule has 0 atom stereocenters. The minimum atomic E-state index is -0.274. The molecule has 0 unspecified atom stereocenters. The smallest absolute Gasteiger partial charge is 0.219 e. The Morgan fingerprint density at radius 3 is 2.14 bits per heavy atom. The van der Waals surface area contributed by atoms with E-state index in [1.807, 2.05) is 19.1 Å². The fraction of sp³-hybridized carbons (Fsp3) is 0.0909. The molecule has 1 aliphatic heterocycles. The van der Waals surface area contributed by atoms with Crippen LogP contribution in [0.4, 0.5) is 5.69 Å². The van der Waals surface area contributed by atoms with Crippen molar-refractivity contribution in [1.29, 1.82) is 0 Å². The third kappa shape index (κ3) is 1.28. The number of hydrogen-bond donors (Lipinski definition) is 0. The van der Waals surface area contributed by atoms with E-state index in [9.17, 15) is 9.59 Å². The van der Waals surface area contributed by atoms with Gasteiger partial charge in [-0.05, 0) is 6.92 Å². The van der Waals surface area contributed by atoms with Gasteiger partial charge in [0.1, 0.15) is 0 Å². The van der Waals surface area contributed by atoms with Gasteiger partial charge in [0.15, 0.2) is 0 Å². The van der Waals surface area contributed by atoms with Crippen molar-refractivity contribution in [3.05, 3.63) is 42.0 Å². The maximum atomic E-state index is 11.4. The van der Waals surface area contributed by atoms with Crippen LogP contribution in [-0.4, -0.2) is 11.8 Å². The summed E-state index contributed by atoms with van der Waals surface area (Å²) < 4.78 is 0. The molecule has 0 fully saturated rings. The number of aryl methyl sites for hydroxylation is 1. The number of hydrogen-bond acceptors (Lipinski definition) is 2. The number of benzene rings is 1. The summed E-state index contributed by atoms with van der Waals surface area (Å²) in [6.07, 6.45) is 2.57. The molecule has 2 amide bonds. The van der Waals surface area contributed by atoms with Crippen LogP contribution in [0, 0.1) is 6.92 Å². The molecule has 0 saturated carbocycles. The second-order valence-corrected chi connectivity index (χ2v) is 3.13. The largest absolute Gasteiger partial charge is 0.400 e. The highest BCUT2D eigenvalue weighted by Gasteiger charge is 2.40. The van der Waals surface area contributed by atoms with Crippen molar-refractivity contribution in [2.75, 3.05) is 0 Å². The first-order chi connectivity index (χ1) is 6.70. The van der Waals surface area contributed by atoms with E-state index in [1.54, 1.807) is 12.1 Å².